The largest absolute Gasteiger partial charge is 0.271 e. The van der Waals surface area contributed by atoms with Crippen molar-refractivity contribution < 1.29 is 4.79 Å². The number of carbonyl (C=O) groups is 1. The summed E-state index contributed by atoms with van der Waals surface area (Å²) in [6.45, 7) is 1.83. The summed E-state index contributed by atoms with van der Waals surface area (Å²) in [4.78, 5) is 15.8. The number of amides is 1. The van der Waals surface area contributed by atoms with Crippen LogP contribution in [0.4, 0.5) is 0 Å². The maximum absolute atomic E-state index is 11.9. The molecule has 0 spiro atoms. The van der Waals surface area contributed by atoms with E-state index in [1.165, 1.54) is 0 Å². The van der Waals surface area contributed by atoms with Crippen molar-refractivity contribution >= 4 is 27.5 Å². The standard InChI is InChI=1S/C14H12BrN3O/c1-10(11-5-7-16-8-6-11)17-18-14(19)12-3-2-4-13(15)9-12/h2-9H,1H3,(H,18,19). The van der Waals surface area contributed by atoms with Crippen LogP contribution in [0, 0.1) is 0 Å². The predicted octanol–water partition coefficient (Wildman–Crippen LogP) is 3.00. The van der Waals surface area contributed by atoms with Gasteiger partial charge < -0.3 is 0 Å². The van der Waals surface area contributed by atoms with Crippen LogP contribution in [0.5, 0.6) is 0 Å². The average molecular weight is 318 g/mol. The third-order valence-corrected chi connectivity index (χ3v) is 3.00. The molecule has 2 rings (SSSR count). The summed E-state index contributed by atoms with van der Waals surface area (Å²) in [5.74, 6) is -0.241. The first-order valence-electron chi connectivity index (χ1n) is 5.67. The number of rotatable bonds is 3. The van der Waals surface area contributed by atoms with Crippen LogP contribution in [0.3, 0.4) is 0 Å². The summed E-state index contributed by atoms with van der Waals surface area (Å²) < 4.78 is 0.856. The lowest BCUT2D eigenvalue weighted by Crippen LogP contribution is -2.19. The molecule has 1 aromatic carbocycles. The highest BCUT2D eigenvalue weighted by Gasteiger charge is 2.04. The van der Waals surface area contributed by atoms with Crippen molar-refractivity contribution in [1.29, 1.82) is 0 Å². The summed E-state index contributed by atoms with van der Waals surface area (Å²) in [6, 6.07) is 10.8. The van der Waals surface area contributed by atoms with E-state index in [9.17, 15) is 4.79 Å². The molecule has 0 saturated carbocycles. The topological polar surface area (TPSA) is 54.4 Å². The molecule has 0 fully saturated rings. The minimum atomic E-state index is -0.241. The quantitative estimate of drug-likeness (QED) is 0.699. The van der Waals surface area contributed by atoms with Crippen LogP contribution in [0.2, 0.25) is 0 Å². The first kappa shape index (κ1) is 13.4. The number of halogens is 1. The van der Waals surface area contributed by atoms with Crippen molar-refractivity contribution in [3.8, 4) is 0 Å². The molecule has 5 heteroatoms. The van der Waals surface area contributed by atoms with E-state index in [1.54, 1.807) is 30.6 Å². The van der Waals surface area contributed by atoms with Crippen molar-refractivity contribution in [2.45, 2.75) is 6.92 Å². The fourth-order valence-corrected chi connectivity index (χ4v) is 1.89. The van der Waals surface area contributed by atoms with Gasteiger partial charge in [-0.05, 0) is 37.3 Å². The molecule has 1 aromatic heterocycles. The monoisotopic (exact) mass is 317 g/mol. The van der Waals surface area contributed by atoms with E-state index >= 15 is 0 Å². The van der Waals surface area contributed by atoms with Crippen LogP contribution in [0.1, 0.15) is 22.8 Å². The lowest BCUT2D eigenvalue weighted by Gasteiger charge is -2.03. The first-order valence-corrected chi connectivity index (χ1v) is 6.47. The first-order chi connectivity index (χ1) is 9.16. The highest BCUT2D eigenvalue weighted by molar-refractivity contribution is 9.10. The molecule has 0 unspecified atom stereocenters. The van der Waals surface area contributed by atoms with Crippen LogP contribution < -0.4 is 5.43 Å². The van der Waals surface area contributed by atoms with Gasteiger partial charge in [0.2, 0.25) is 0 Å². The molecule has 4 nitrogen and oxygen atoms in total. The van der Waals surface area contributed by atoms with Gasteiger partial charge in [0.15, 0.2) is 0 Å². The Bertz CT molecular complexity index is 611. The summed E-state index contributed by atoms with van der Waals surface area (Å²) >= 11 is 3.32. The molecule has 0 saturated heterocycles. The van der Waals surface area contributed by atoms with Gasteiger partial charge in [0, 0.05) is 28.0 Å². The zero-order valence-electron chi connectivity index (χ0n) is 10.3. The van der Waals surface area contributed by atoms with Crippen LogP contribution >= 0.6 is 15.9 Å². The summed E-state index contributed by atoms with van der Waals surface area (Å²) in [6.07, 6.45) is 3.37. The Kier molecular flexibility index (Phi) is 4.41. The Hall–Kier alpha value is -2.01. The van der Waals surface area contributed by atoms with Gasteiger partial charge >= 0.3 is 0 Å². The van der Waals surface area contributed by atoms with Crippen LogP contribution in [0.15, 0.2) is 58.4 Å². The Labute approximate surface area is 119 Å². The highest BCUT2D eigenvalue weighted by Crippen LogP contribution is 2.11. The van der Waals surface area contributed by atoms with Crippen molar-refractivity contribution in [3.63, 3.8) is 0 Å². The molecule has 2 aromatic rings. The number of hydrogen-bond donors (Lipinski definition) is 1. The Morgan fingerprint density at radius 1 is 1.21 bits per heavy atom. The molecular formula is C14H12BrN3O. The Balaban J connectivity index is 2.08. The molecule has 1 amide bonds. The number of benzene rings is 1. The third-order valence-electron chi connectivity index (χ3n) is 2.51. The maximum Gasteiger partial charge on any atom is 0.271 e. The predicted molar refractivity (Wildman–Crippen MR) is 78.1 cm³/mol. The van der Waals surface area contributed by atoms with E-state index in [0.29, 0.717) is 5.56 Å². The van der Waals surface area contributed by atoms with Crippen molar-refractivity contribution in [1.82, 2.24) is 10.4 Å². The second kappa shape index (κ2) is 6.24. The highest BCUT2D eigenvalue weighted by atomic mass is 79.9. The third kappa shape index (κ3) is 3.72. The van der Waals surface area contributed by atoms with E-state index < -0.39 is 0 Å². The molecule has 0 aliphatic carbocycles. The van der Waals surface area contributed by atoms with E-state index in [2.05, 4.69) is 31.4 Å². The average Bonchev–Trinajstić information content (AvgIpc) is 2.45. The van der Waals surface area contributed by atoms with Crippen molar-refractivity contribution in [2.75, 3.05) is 0 Å². The van der Waals surface area contributed by atoms with Gasteiger partial charge in [-0.2, -0.15) is 5.10 Å². The number of pyridine rings is 1. The van der Waals surface area contributed by atoms with E-state index in [4.69, 9.17) is 0 Å². The van der Waals surface area contributed by atoms with E-state index in [-0.39, 0.29) is 5.91 Å². The number of hydrogen-bond acceptors (Lipinski definition) is 3. The van der Waals surface area contributed by atoms with Crippen molar-refractivity contribution in [2.24, 2.45) is 5.10 Å². The summed E-state index contributed by atoms with van der Waals surface area (Å²) in [7, 11) is 0. The molecule has 19 heavy (non-hydrogen) atoms. The van der Waals surface area contributed by atoms with Gasteiger partial charge in [0.25, 0.3) is 5.91 Å². The molecule has 0 aliphatic rings. The number of carbonyl (C=O) groups excluding carboxylic acids is 1. The summed E-state index contributed by atoms with van der Waals surface area (Å²) in [5.41, 5.74) is 4.74. The minimum Gasteiger partial charge on any atom is -0.267 e. The zero-order valence-corrected chi connectivity index (χ0v) is 11.9. The maximum atomic E-state index is 11.9. The molecule has 1 N–H and O–H groups in total. The second-order valence-electron chi connectivity index (χ2n) is 3.88. The molecule has 0 bridgehead atoms. The van der Waals surface area contributed by atoms with Crippen molar-refractivity contribution in [3.05, 3.63) is 64.4 Å². The SMILES string of the molecule is CC(=NNC(=O)c1cccc(Br)c1)c1ccncc1. The van der Waals surface area contributed by atoms with Gasteiger partial charge in [0.05, 0.1) is 5.71 Å². The fraction of sp³-hybridized carbons (Fsp3) is 0.0714. The Morgan fingerprint density at radius 2 is 1.95 bits per heavy atom. The lowest BCUT2D eigenvalue weighted by atomic mass is 10.2. The summed E-state index contributed by atoms with van der Waals surface area (Å²) in [5, 5.41) is 4.07. The number of nitrogens with zero attached hydrogens (tertiary/aromatic N) is 2. The molecule has 0 atom stereocenters. The molecule has 0 radical (unpaired) electrons. The van der Waals surface area contributed by atoms with Gasteiger partial charge in [-0.3, -0.25) is 9.78 Å². The van der Waals surface area contributed by atoms with Gasteiger partial charge in [-0.1, -0.05) is 22.0 Å². The minimum absolute atomic E-state index is 0.241. The smallest absolute Gasteiger partial charge is 0.267 e. The van der Waals surface area contributed by atoms with Crippen LogP contribution in [-0.4, -0.2) is 16.6 Å². The van der Waals surface area contributed by atoms with Gasteiger partial charge in [0.1, 0.15) is 0 Å². The normalized spacial score (nSPS) is 11.2. The fourth-order valence-electron chi connectivity index (χ4n) is 1.49. The number of hydrazone groups is 1. The molecular weight excluding hydrogens is 306 g/mol. The number of aromatic nitrogens is 1. The van der Waals surface area contributed by atoms with E-state index in [1.807, 2.05) is 25.1 Å². The Morgan fingerprint density at radius 3 is 2.63 bits per heavy atom. The van der Waals surface area contributed by atoms with Crippen LogP contribution in [0.25, 0.3) is 0 Å². The molecule has 1 heterocycles. The lowest BCUT2D eigenvalue weighted by molar-refractivity contribution is 0.0955. The number of nitrogens with one attached hydrogen (secondary N) is 1. The van der Waals surface area contributed by atoms with E-state index in [0.717, 1.165) is 15.7 Å². The second-order valence-corrected chi connectivity index (χ2v) is 4.80. The zero-order chi connectivity index (χ0) is 13.7. The molecule has 0 aliphatic heterocycles. The van der Waals surface area contributed by atoms with Crippen LogP contribution in [-0.2, 0) is 0 Å². The molecule has 96 valence electrons. The van der Waals surface area contributed by atoms with Gasteiger partial charge in [-0.15, -0.1) is 0 Å². The van der Waals surface area contributed by atoms with Gasteiger partial charge in [-0.25, -0.2) is 5.43 Å².